The molecule has 2 aromatic carbocycles. The second kappa shape index (κ2) is 7.84. The van der Waals surface area contributed by atoms with Crippen molar-refractivity contribution in [2.24, 2.45) is 7.05 Å². The zero-order chi connectivity index (χ0) is 19.5. The summed E-state index contributed by atoms with van der Waals surface area (Å²) in [6.07, 6.45) is 0.682. The van der Waals surface area contributed by atoms with Crippen LogP contribution in [0.25, 0.3) is 11.0 Å². The lowest BCUT2D eigenvalue weighted by atomic mass is 10.2. The Balaban J connectivity index is 1.38. The Morgan fingerprint density at radius 1 is 0.964 bits per heavy atom. The van der Waals surface area contributed by atoms with E-state index in [-0.39, 0.29) is 11.5 Å². The van der Waals surface area contributed by atoms with E-state index >= 15 is 0 Å². The molecule has 28 heavy (non-hydrogen) atoms. The summed E-state index contributed by atoms with van der Waals surface area (Å²) in [5.41, 5.74) is 3.11. The average molecular weight is 376 g/mol. The van der Waals surface area contributed by atoms with Crippen molar-refractivity contribution < 1.29 is 4.79 Å². The molecule has 6 nitrogen and oxygen atoms in total. The minimum atomic E-state index is -0.125. The number of hydrogen-bond acceptors (Lipinski definition) is 4. The molecule has 0 spiro atoms. The predicted molar refractivity (Wildman–Crippen MR) is 111 cm³/mol. The number of amides is 1. The van der Waals surface area contributed by atoms with Gasteiger partial charge in [0.1, 0.15) is 5.69 Å². The Kier molecular flexibility index (Phi) is 5.10. The first-order valence-electron chi connectivity index (χ1n) is 9.66. The summed E-state index contributed by atoms with van der Waals surface area (Å²) < 4.78 is 1.61. The van der Waals surface area contributed by atoms with Crippen LogP contribution in [-0.2, 0) is 18.3 Å². The highest BCUT2D eigenvalue weighted by Gasteiger charge is 2.21. The van der Waals surface area contributed by atoms with Gasteiger partial charge < -0.3 is 14.4 Å². The molecular weight excluding hydrogens is 352 g/mol. The van der Waals surface area contributed by atoms with Crippen LogP contribution in [0.4, 0.5) is 5.69 Å². The van der Waals surface area contributed by atoms with Crippen molar-refractivity contribution >= 4 is 22.6 Å². The quantitative estimate of drug-likeness (QED) is 0.701. The molecule has 0 unspecified atom stereocenters. The highest BCUT2D eigenvalue weighted by atomic mass is 16.2. The minimum Gasteiger partial charge on any atom is -0.368 e. The molecule has 0 atom stereocenters. The Morgan fingerprint density at radius 3 is 2.39 bits per heavy atom. The van der Waals surface area contributed by atoms with Gasteiger partial charge in [-0.25, -0.2) is 4.98 Å². The van der Waals surface area contributed by atoms with E-state index in [1.54, 1.807) is 11.6 Å². The van der Waals surface area contributed by atoms with E-state index in [0.717, 1.165) is 24.1 Å². The van der Waals surface area contributed by atoms with E-state index in [9.17, 15) is 9.59 Å². The molecule has 2 heterocycles. The third-order valence-electron chi connectivity index (χ3n) is 5.38. The van der Waals surface area contributed by atoms with E-state index in [1.165, 1.54) is 5.69 Å². The molecular formula is C22H24N4O2. The monoisotopic (exact) mass is 376 g/mol. The number of nitrogens with zero attached hydrogens (tertiary/aromatic N) is 4. The molecule has 1 aliphatic heterocycles. The molecule has 0 radical (unpaired) electrons. The van der Waals surface area contributed by atoms with Crippen LogP contribution in [0.5, 0.6) is 0 Å². The highest BCUT2D eigenvalue weighted by molar-refractivity contribution is 5.77. The summed E-state index contributed by atoms with van der Waals surface area (Å²) in [6, 6.07) is 17.8. The van der Waals surface area contributed by atoms with Gasteiger partial charge in [0, 0.05) is 51.8 Å². The summed E-state index contributed by atoms with van der Waals surface area (Å²) >= 11 is 0. The van der Waals surface area contributed by atoms with Crippen LogP contribution in [0.2, 0.25) is 0 Å². The van der Waals surface area contributed by atoms with Crippen LogP contribution < -0.4 is 10.5 Å². The molecule has 0 aliphatic carbocycles. The van der Waals surface area contributed by atoms with Crippen molar-refractivity contribution in [2.45, 2.75) is 12.8 Å². The number of carbonyl (C=O) groups excluding carboxylic acids is 1. The smallest absolute Gasteiger partial charge is 0.272 e. The molecule has 1 aliphatic rings. The maximum absolute atomic E-state index is 12.6. The van der Waals surface area contributed by atoms with Gasteiger partial charge in [0.15, 0.2) is 0 Å². The van der Waals surface area contributed by atoms with Crippen LogP contribution in [-0.4, -0.2) is 46.5 Å². The number of fused-ring (bicyclic) bond motifs is 1. The third kappa shape index (κ3) is 3.63. The zero-order valence-corrected chi connectivity index (χ0v) is 16.0. The maximum atomic E-state index is 12.6. The molecule has 1 saturated heterocycles. The van der Waals surface area contributed by atoms with Crippen molar-refractivity contribution in [3.8, 4) is 0 Å². The van der Waals surface area contributed by atoms with Gasteiger partial charge in [-0.05, 0) is 24.3 Å². The molecule has 0 bridgehead atoms. The second-order valence-corrected chi connectivity index (χ2v) is 7.11. The van der Waals surface area contributed by atoms with Crippen LogP contribution in [0, 0.1) is 0 Å². The maximum Gasteiger partial charge on any atom is 0.272 e. The fourth-order valence-electron chi connectivity index (χ4n) is 3.74. The predicted octanol–water partition coefficient (Wildman–Crippen LogP) is 2.21. The zero-order valence-electron chi connectivity index (χ0n) is 16.0. The van der Waals surface area contributed by atoms with Gasteiger partial charge in [0.05, 0.1) is 11.0 Å². The molecule has 6 heteroatoms. The van der Waals surface area contributed by atoms with Crippen molar-refractivity contribution in [2.75, 3.05) is 31.1 Å². The van der Waals surface area contributed by atoms with Crippen molar-refractivity contribution in [3.63, 3.8) is 0 Å². The summed E-state index contributed by atoms with van der Waals surface area (Å²) in [4.78, 5) is 33.9. The lowest BCUT2D eigenvalue weighted by molar-refractivity contribution is -0.131. The van der Waals surface area contributed by atoms with Gasteiger partial charge in [0.25, 0.3) is 5.56 Å². The van der Waals surface area contributed by atoms with Crippen molar-refractivity contribution in [3.05, 3.63) is 70.6 Å². The van der Waals surface area contributed by atoms with E-state index in [2.05, 4.69) is 22.0 Å². The van der Waals surface area contributed by atoms with E-state index in [4.69, 9.17) is 0 Å². The van der Waals surface area contributed by atoms with Gasteiger partial charge >= 0.3 is 0 Å². The number of rotatable bonds is 4. The Morgan fingerprint density at radius 2 is 1.64 bits per heavy atom. The lowest BCUT2D eigenvalue weighted by Gasteiger charge is -2.36. The number of aryl methyl sites for hydroxylation is 2. The van der Waals surface area contributed by atoms with Gasteiger partial charge in [0.2, 0.25) is 5.91 Å². The van der Waals surface area contributed by atoms with Gasteiger partial charge in [-0.15, -0.1) is 0 Å². The Hall–Kier alpha value is -3.15. The Bertz CT molecular complexity index is 1040. The number of benzene rings is 2. The number of anilines is 1. The summed E-state index contributed by atoms with van der Waals surface area (Å²) in [5.74, 6) is 0.0877. The average Bonchev–Trinajstić information content (AvgIpc) is 2.76. The number of para-hydroxylation sites is 3. The standard InChI is InChI=1S/C22H24N4O2/c1-24-20-10-6-5-9-18(20)23-19(22(24)28)11-12-21(27)26-15-13-25(14-16-26)17-7-3-2-4-8-17/h2-10H,11-16H2,1H3. The molecule has 1 amide bonds. The summed E-state index contributed by atoms with van der Waals surface area (Å²) in [6.45, 7) is 3.06. The third-order valence-corrected chi connectivity index (χ3v) is 5.38. The first kappa shape index (κ1) is 18.2. The van der Waals surface area contributed by atoms with Crippen LogP contribution in [0.3, 0.4) is 0 Å². The topological polar surface area (TPSA) is 58.4 Å². The van der Waals surface area contributed by atoms with Gasteiger partial charge in [-0.3, -0.25) is 9.59 Å². The summed E-state index contributed by atoms with van der Waals surface area (Å²) in [7, 11) is 1.75. The number of carbonyl (C=O) groups is 1. The summed E-state index contributed by atoms with van der Waals surface area (Å²) in [5, 5.41) is 0. The molecule has 0 saturated carbocycles. The molecule has 1 aromatic heterocycles. The fraction of sp³-hybridized carbons (Fsp3) is 0.318. The van der Waals surface area contributed by atoms with Crippen molar-refractivity contribution in [1.29, 1.82) is 0 Å². The molecule has 3 aromatic rings. The SMILES string of the molecule is Cn1c(=O)c(CCC(=O)N2CCN(c3ccccc3)CC2)nc2ccccc21. The first-order chi connectivity index (χ1) is 13.6. The van der Waals surface area contributed by atoms with E-state index < -0.39 is 0 Å². The highest BCUT2D eigenvalue weighted by Crippen LogP contribution is 2.16. The van der Waals surface area contributed by atoms with E-state index in [0.29, 0.717) is 31.6 Å². The van der Waals surface area contributed by atoms with Crippen LogP contribution >= 0.6 is 0 Å². The fourth-order valence-corrected chi connectivity index (χ4v) is 3.74. The van der Waals surface area contributed by atoms with E-state index in [1.807, 2.05) is 47.4 Å². The minimum absolute atomic E-state index is 0.0877. The van der Waals surface area contributed by atoms with Crippen LogP contribution in [0.15, 0.2) is 59.4 Å². The molecule has 0 N–H and O–H groups in total. The second-order valence-electron chi connectivity index (χ2n) is 7.11. The first-order valence-corrected chi connectivity index (χ1v) is 9.66. The molecule has 1 fully saturated rings. The number of piperazine rings is 1. The van der Waals surface area contributed by atoms with Gasteiger partial charge in [-0.1, -0.05) is 30.3 Å². The molecule has 144 valence electrons. The molecule has 4 rings (SSSR count). The van der Waals surface area contributed by atoms with Crippen LogP contribution in [0.1, 0.15) is 12.1 Å². The normalized spacial score (nSPS) is 14.5. The largest absolute Gasteiger partial charge is 0.368 e. The number of aromatic nitrogens is 2. The van der Waals surface area contributed by atoms with Gasteiger partial charge in [-0.2, -0.15) is 0 Å². The lowest BCUT2D eigenvalue weighted by Crippen LogP contribution is -2.48. The van der Waals surface area contributed by atoms with Crippen molar-refractivity contribution in [1.82, 2.24) is 14.5 Å². The number of hydrogen-bond donors (Lipinski definition) is 0. The Labute approximate surface area is 164 Å².